The van der Waals surface area contributed by atoms with Crippen LogP contribution in [0.2, 0.25) is 0 Å². The molecule has 82 valence electrons. The van der Waals surface area contributed by atoms with E-state index >= 15 is 0 Å². The van der Waals surface area contributed by atoms with E-state index in [1.54, 1.807) is 11.3 Å². The number of thiazole rings is 1. The third-order valence-electron chi connectivity index (χ3n) is 2.02. The van der Waals surface area contributed by atoms with Gasteiger partial charge in [-0.15, -0.1) is 34.7 Å². The molecule has 0 spiro atoms. The first-order valence-electron chi connectivity index (χ1n) is 4.55. The second kappa shape index (κ2) is 5.57. The Kier molecular flexibility index (Phi) is 4.37. The number of thioether (sulfide) groups is 2. The molecule has 1 unspecified atom stereocenters. The van der Waals surface area contributed by atoms with Gasteiger partial charge in [-0.05, 0) is 0 Å². The topological polar surface area (TPSA) is 30.0 Å². The standard InChI is InChI=1S/C9H10ClNOS3/c10-3-7(12)6-4-15-9(11-6)8-5-13-1-2-14-8/h4,8H,1-3,5H2. The molecule has 1 aromatic heterocycles. The number of hydrogen-bond donors (Lipinski definition) is 0. The Balaban J connectivity index is 2.08. The molecule has 1 aliphatic rings. The molecule has 1 aliphatic heterocycles. The van der Waals surface area contributed by atoms with Crippen LogP contribution in [0.1, 0.15) is 20.7 Å². The first kappa shape index (κ1) is 11.8. The predicted octanol–water partition coefficient (Wildman–Crippen LogP) is 3.09. The molecule has 1 atom stereocenters. The number of carbonyl (C=O) groups excluding carboxylic acids is 1. The van der Waals surface area contributed by atoms with Gasteiger partial charge in [0, 0.05) is 22.6 Å². The lowest BCUT2D eigenvalue weighted by Crippen LogP contribution is -2.07. The minimum atomic E-state index is -0.0763. The summed E-state index contributed by atoms with van der Waals surface area (Å²) in [6, 6.07) is 0. The lowest BCUT2D eigenvalue weighted by atomic mass is 10.3. The smallest absolute Gasteiger partial charge is 0.196 e. The van der Waals surface area contributed by atoms with E-state index in [0.29, 0.717) is 10.9 Å². The fourth-order valence-corrected chi connectivity index (χ4v) is 5.23. The summed E-state index contributed by atoms with van der Waals surface area (Å²) in [4.78, 5) is 15.7. The molecule has 0 saturated carbocycles. The van der Waals surface area contributed by atoms with Crippen LogP contribution in [-0.4, -0.2) is 33.9 Å². The quantitative estimate of drug-likeness (QED) is 0.628. The molecule has 1 saturated heterocycles. The third kappa shape index (κ3) is 2.90. The highest BCUT2D eigenvalue weighted by Gasteiger charge is 2.20. The molecule has 1 fully saturated rings. The zero-order valence-corrected chi connectivity index (χ0v) is 11.1. The minimum absolute atomic E-state index is 0.0235. The lowest BCUT2D eigenvalue weighted by Gasteiger charge is -2.18. The van der Waals surface area contributed by atoms with Crippen molar-refractivity contribution in [3.8, 4) is 0 Å². The van der Waals surface area contributed by atoms with Crippen molar-refractivity contribution in [3.63, 3.8) is 0 Å². The Morgan fingerprint density at radius 3 is 3.13 bits per heavy atom. The van der Waals surface area contributed by atoms with E-state index in [0.717, 1.165) is 10.8 Å². The summed E-state index contributed by atoms with van der Waals surface area (Å²) in [5.74, 6) is 3.45. The first-order chi connectivity index (χ1) is 7.31. The van der Waals surface area contributed by atoms with Gasteiger partial charge in [-0.1, -0.05) is 0 Å². The number of carbonyl (C=O) groups is 1. The summed E-state index contributed by atoms with van der Waals surface area (Å²) in [7, 11) is 0. The number of rotatable bonds is 3. The molecule has 2 nitrogen and oxygen atoms in total. The van der Waals surface area contributed by atoms with Crippen molar-refractivity contribution < 1.29 is 4.79 Å². The predicted molar refractivity (Wildman–Crippen MR) is 69.7 cm³/mol. The summed E-state index contributed by atoms with van der Waals surface area (Å²) in [6.45, 7) is 0. The molecule has 2 rings (SSSR count). The zero-order valence-electron chi connectivity index (χ0n) is 7.94. The van der Waals surface area contributed by atoms with Crippen molar-refractivity contribution in [1.82, 2.24) is 4.98 Å². The van der Waals surface area contributed by atoms with E-state index in [2.05, 4.69) is 4.98 Å². The Morgan fingerprint density at radius 1 is 1.60 bits per heavy atom. The van der Waals surface area contributed by atoms with Crippen molar-refractivity contribution >= 4 is 52.2 Å². The van der Waals surface area contributed by atoms with E-state index in [4.69, 9.17) is 11.6 Å². The summed E-state index contributed by atoms with van der Waals surface area (Å²) in [5, 5.41) is 3.35. The number of hydrogen-bond acceptors (Lipinski definition) is 5. The Labute approximate surface area is 106 Å². The van der Waals surface area contributed by atoms with Crippen LogP contribution in [0.5, 0.6) is 0 Å². The van der Waals surface area contributed by atoms with Crippen LogP contribution >= 0.6 is 46.5 Å². The Hall–Kier alpha value is 0.290. The Bertz CT molecular complexity index is 349. The van der Waals surface area contributed by atoms with E-state index < -0.39 is 0 Å². The van der Waals surface area contributed by atoms with Crippen LogP contribution in [0.3, 0.4) is 0 Å². The molecule has 0 bridgehead atoms. The van der Waals surface area contributed by atoms with Gasteiger partial charge in [0.1, 0.15) is 10.7 Å². The monoisotopic (exact) mass is 279 g/mol. The molecule has 0 amide bonds. The normalized spacial score (nSPS) is 21.5. The van der Waals surface area contributed by atoms with Crippen LogP contribution in [0.25, 0.3) is 0 Å². The second-order valence-electron chi connectivity index (χ2n) is 3.06. The number of ketones is 1. The molecular formula is C9H10ClNOS3. The maximum absolute atomic E-state index is 11.3. The molecule has 0 radical (unpaired) electrons. The summed E-state index contributed by atoms with van der Waals surface area (Å²) in [5.41, 5.74) is 0.529. The summed E-state index contributed by atoms with van der Waals surface area (Å²) < 4.78 is 0. The zero-order chi connectivity index (χ0) is 10.7. The number of Topliss-reactive ketones (excluding diaryl/α,β-unsaturated/α-hetero) is 1. The van der Waals surface area contributed by atoms with Gasteiger partial charge in [-0.2, -0.15) is 11.8 Å². The van der Waals surface area contributed by atoms with Gasteiger partial charge in [0.15, 0.2) is 5.78 Å². The molecule has 2 heterocycles. The Morgan fingerprint density at radius 2 is 2.47 bits per heavy atom. The van der Waals surface area contributed by atoms with Gasteiger partial charge < -0.3 is 0 Å². The number of aromatic nitrogens is 1. The lowest BCUT2D eigenvalue weighted by molar-refractivity contribution is 0.101. The van der Waals surface area contributed by atoms with Crippen LogP contribution in [0.15, 0.2) is 5.38 Å². The van der Waals surface area contributed by atoms with Crippen molar-refractivity contribution in [1.29, 1.82) is 0 Å². The fraction of sp³-hybridized carbons (Fsp3) is 0.556. The van der Waals surface area contributed by atoms with Crippen LogP contribution in [0.4, 0.5) is 0 Å². The molecule has 0 aliphatic carbocycles. The fourth-order valence-electron chi connectivity index (χ4n) is 1.26. The average Bonchev–Trinajstić information content (AvgIpc) is 2.78. The largest absolute Gasteiger partial charge is 0.291 e. The van der Waals surface area contributed by atoms with Crippen LogP contribution in [0, 0.1) is 0 Å². The highest BCUT2D eigenvalue weighted by atomic mass is 35.5. The molecule has 0 aromatic carbocycles. The van der Waals surface area contributed by atoms with Crippen molar-refractivity contribution in [2.75, 3.05) is 23.1 Å². The molecule has 15 heavy (non-hydrogen) atoms. The van der Waals surface area contributed by atoms with Gasteiger partial charge in [-0.25, -0.2) is 4.98 Å². The highest BCUT2D eigenvalue weighted by Crippen LogP contribution is 2.37. The van der Waals surface area contributed by atoms with Gasteiger partial charge in [-0.3, -0.25) is 4.79 Å². The molecule has 0 N–H and O–H groups in total. The molecule has 1 aromatic rings. The van der Waals surface area contributed by atoms with Crippen molar-refractivity contribution in [2.45, 2.75) is 5.25 Å². The van der Waals surface area contributed by atoms with Crippen LogP contribution < -0.4 is 0 Å². The van der Waals surface area contributed by atoms with E-state index in [9.17, 15) is 4.79 Å². The second-order valence-corrected chi connectivity index (χ2v) is 6.68. The maximum atomic E-state index is 11.3. The average molecular weight is 280 g/mol. The van der Waals surface area contributed by atoms with Gasteiger partial charge >= 0.3 is 0 Å². The highest BCUT2D eigenvalue weighted by molar-refractivity contribution is 8.06. The minimum Gasteiger partial charge on any atom is -0.291 e. The van der Waals surface area contributed by atoms with E-state index in [-0.39, 0.29) is 11.7 Å². The maximum Gasteiger partial charge on any atom is 0.196 e. The SMILES string of the molecule is O=C(CCl)c1csc(C2CSCCS2)n1. The molecule has 6 heteroatoms. The number of nitrogens with zero attached hydrogens (tertiary/aromatic N) is 1. The van der Waals surface area contributed by atoms with Gasteiger partial charge in [0.2, 0.25) is 0 Å². The van der Waals surface area contributed by atoms with E-state index in [1.165, 1.54) is 11.5 Å². The summed E-state index contributed by atoms with van der Waals surface area (Å²) >= 11 is 11.0. The van der Waals surface area contributed by atoms with Crippen molar-refractivity contribution in [3.05, 3.63) is 16.1 Å². The first-order valence-corrected chi connectivity index (χ1v) is 8.17. The van der Waals surface area contributed by atoms with Gasteiger partial charge in [0.25, 0.3) is 0 Å². The number of halogens is 1. The van der Waals surface area contributed by atoms with Crippen LogP contribution in [-0.2, 0) is 0 Å². The third-order valence-corrected chi connectivity index (χ3v) is 6.13. The van der Waals surface area contributed by atoms with Crippen molar-refractivity contribution in [2.24, 2.45) is 0 Å². The number of alkyl halides is 1. The van der Waals surface area contributed by atoms with Gasteiger partial charge in [0.05, 0.1) is 11.1 Å². The van der Waals surface area contributed by atoms with E-state index in [1.807, 2.05) is 28.9 Å². The molecular weight excluding hydrogens is 270 g/mol. The summed E-state index contributed by atoms with van der Waals surface area (Å²) in [6.07, 6.45) is 0.